The number of fused-ring (bicyclic) bond motifs is 1. The van der Waals surface area contributed by atoms with Crippen LogP contribution in [-0.2, 0) is 48.6 Å². The van der Waals surface area contributed by atoms with E-state index in [0.29, 0.717) is 4.90 Å². The molecule has 0 radical (unpaired) electrons. The highest BCUT2D eigenvalue weighted by molar-refractivity contribution is 7.86. The second kappa shape index (κ2) is 14.5. The van der Waals surface area contributed by atoms with Crippen molar-refractivity contribution < 1.29 is 8.60 Å². The Labute approximate surface area is 260 Å². The molecule has 0 aliphatic carbocycles. The third-order valence-electron chi connectivity index (χ3n) is 8.53. The van der Waals surface area contributed by atoms with Crippen LogP contribution in [0.1, 0.15) is 73.4 Å². The first kappa shape index (κ1) is 31.2. The lowest BCUT2D eigenvalue weighted by Gasteiger charge is -2.29. The Bertz CT molecular complexity index is 1510. The van der Waals surface area contributed by atoms with Crippen molar-refractivity contribution in [3.05, 3.63) is 130 Å². The zero-order valence-corrected chi connectivity index (χ0v) is 26.7. The summed E-state index contributed by atoms with van der Waals surface area (Å²) >= 11 is 0. The van der Waals surface area contributed by atoms with E-state index in [1.165, 1.54) is 27.8 Å². The van der Waals surface area contributed by atoms with Gasteiger partial charge in [0.1, 0.15) is 16.8 Å². The van der Waals surface area contributed by atoms with Gasteiger partial charge in [-0.05, 0) is 102 Å². The average molecular weight is 597 g/mol. The van der Waals surface area contributed by atoms with Crippen LogP contribution < -0.4 is 4.72 Å². The number of hydrogen-bond acceptors (Lipinski definition) is 2. The summed E-state index contributed by atoms with van der Waals surface area (Å²) in [4.78, 5) is 3.18. The van der Waals surface area contributed by atoms with Gasteiger partial charge in [-0.3, -0.25) is 9.62 Å². The SMILES string of the molecule is CC(C)(C)c1ccc(CCN2CCc3cc(S(=O)Nc4ccc(CCCCCc5ccccc5)cc4F)ccc3C2)cc1. The molecule has 0 spiro atoms. The van der Waals surface area contributed by atoms with Crippen molar-refractivity contribution in [3.8, 4) is 0 Å². The molecule has 1 aliphatic rings. The van der Waals surface area contributed by atoms with E-state index >= 15 is 0 Å². The van der Waals surface area contributed by atoms with Crippen LogP contribution in [0, 0.1) is 5.82 Å². The predicted molar refractivity (Wildman–Crippen MR) is 178 cm³/mol. The quantitative estimate of drug-likeness (QED) is 0.166. The van der Waals surface area contributed by atoms with Crippen molar-refractivity contribution in [2.45, 2.75) is 82.6 Å². The number of halogens is 1. The molecule has 4 aromatic rings. The Morgan fingerprint density at radius 1 is 0.767 bits per heavy atom. The van der Waals surface area contributed by atoms with E-state index in [1.807, 2.05) is 24.3 Å². The van der Waals surface area contributed by atoms with Crippen LogP contribution in [0.4, 0.5) is 10.1 Å². The Morgan fingerprint density at radius 3 is 2.19 bits per heavy atom. The molecule has 0 bridgehead atoms. The fourth-order valence-electron chi connectivity index (χ4n) is 5.79. The van der Waals surface area contributed by atoms with E-state index in [1.54, 1.807) is 12.1 Å². The van der Waals surface area contributed by atoms with Gasteiger partial charge in [0, 0.05) is 19.6 Å². The molecule has 43 heavy (non-hydrogen) atoms. The zero-order valence-electron chi connectivity index (χ0n) is 25.9. The summed E-state index contributed by atoms with van der Waals surface area (Å²) in [5, 5.41) is 0. The summed E-state index contributed by atoms with van der Waals surface area (Å²) in [6.07, 6.45) is 7.17. The largest absolute Gasteiger partial charge is 0.298 e. The Balaban J connectivity index is 1.08. The summed E-state index contributed by atoms with van der Waals surface area (Å²) in [7, 11) is -1.52. The first-order chi connectivity index (χ1) is 20.7. The van der Waals surface area contributed by atoms with Crippen LogP contribution in [-0.4, -0.2) is 22.2 Å². The van der Waals surface area contributed by atoms with E-state index < -0.39 is 11.0 Å². The van der Waals surface area contributed by atoms with Crippen molar-refractivity contribution in [3.63, 3.8) is 0 Å². The average Bonchev–Trinajstić information content (AvgIpc) is 3.01. The van der Waals surface area contributed by atoms with Crippen LogP contribution >= 0.6 is 0 Å². The molecule has 1 unspecified atom stereocenters. The number of hydrogen-bond donors (Lipinski definition) is 1. The molecular weight excluding hydrogens is 551 g/mol. The Kier molecular flexibility index (Phi) is 10.5. The molecule has 1 N–H and O–H groups in total. The summed E-state index contributed by atoms with van der Waals surface area (Å²) < 4.78 is 30.9. The number of nitrogens with one attached hydrogen (secondary N) is 1. The predicted octanol–water partition coefficient (Wildman–Crippen LogP) is 8.81. The van der Waals surface area contributed by atoms with E-state index in [-0.39, 0.29) is 16.9 Å². The van der Waals surface area contributed by atoms with Gasteiger partial charge in [0.2, 0.25) is 0 Å². The molecular formula is C38H45FN2OS. The molecule has 0 fully saturated rings. The monoisotopic (exact) mass is 596 g/mol. The third-order valence-corrected chi connectivity index (χ3v) is 9.62. The normalized spacial score (nSPS) is 14.3. The van der Waals surface area contributed by atoms with E-state index in [9.17, 15) is 8.60 Å². The van der Waals surface area contributed by atoms with Crippen LogP contribution in [0.2, 0.25) is 0 Å². The highest BCUT2D eigenvalue weighted by Crippen LogP contribution is 2.25. The minimum Gasteiger partial charge on any atom is -0.298 e. The number of unbranched alkanes of at least 4 members (excludes halogenated alkanes) is 2. The van der Waals surface area contributed by atoms with Gasteiger partial charge in [0.05, 0.1) is 10.6 Å². The highest BCUT2D eigenvalue weighted by Gasteiger charge is 2.19. The van der Waals surface area contributed by atoms with Crippen LogP contribution in [0.15, 0.2) is 95.9 Å². The first-order valence-corrected chi connectivity index (χ1v) is 16.8. The molecule has 1 aliphatic heterocycles. The molecule has 5 rings (SSSR count). The van der Waals surface area contributed by atoms with E-state index in [0.717, 1.165) is 70.1 Å². The number of aryl methyl sites for hydroxylation is 2. The number of anilines is 1. The number of nitrogens with zero attached hydrogens (tertiary/aromatic N) is 1. The van der Waals surface area contributed by atoms with Gasteiger partial charge in [-0.25, -0.2) is 8.60 Å². The fraction of sp³-hybridized carbons (Fsp3) is 0.368. The highest BCUT2D eigenvalue weighted by atomic mass is 32.2. The topological polar surface area (TPSA) is 32.3 Å². The summed E-state index contributed by atoms with van der Waals surface area (Å²) in [5.41, 5.74) is 8.07. The minimum absolute atomic E-state index is 0.175. The third kappa shape index (κ3) is 8.87. The van der Waals surface area contributed by atoms with Gasteiger partial charge < -0.3 is 0 Å². The van der Waals surface area contributed by atoms with Crippen molar-refractivity contribution in [1.29, 1.82) is 0 Å². The van der Waals surface area contributed by atoms with Crippen LogP contribution in [0.5, 0.6) is 0 Å². The van der Waals surface area contributed by atoms with Gasteiger partial charge in [0.15, 0.2) is 0 Å². The second-order valence-electron chi connectivity index (χ2n) is 12.9. The van der Waals surface area contributed by atoms with Gasteiger partial charge >= 0.3 is 0 Å². The summed E-state index contributed by atoms with van der Waals surface area (Å²) in [5.74, 6) is -0.350. The number of rotatable bonds is 12. The van der Waals surface area contributed by atoms with E-state index in [2.05, 4.69) is 85.0 Å². The lowest BCUT2D eigenvalue weighted by atomic mass is 9.86. The summed E-state index contributed by atoms with van der Waals surface area (Å²) in [6, 6.07) is 30.8. The van der Waals surface area contributed by atoms with Gasteiger partial charge in [-0.2, -0.15) is 0 Å². The molecule has 1 atom stereocenters. The van der Waals surface area contributed by atoms with Crippen molar-refractivity contribution >= 4 is 16.7 Å². The summed E-state index contributed by atoms with van der Waals surface area (Å²) in [6.45, 7) is 9.65. The van der Waals surface area contributed by atoms with Gasteiger partial charge in [-0.1, -0.05) is 93.9 Å². The van der Waals surface area contributed by atoms with Crippen molar-refractivity contribution in [1.82, 2.24) is 4.90 Å². The standard InChI is InChI=1S/C38H45FN2OS/c1-38(2,3)34-18-14-30(15-19-34)22-24-41-25-23-32-27-35(20-17-33(32)28-41)43(42)40-37-21-16-31(26-36(37)39)13-9-5-8-12-29-10-6-4-7-11-29/h4,6-7,10-11,14-21,26-27,40H,5,8-9,12-13,22-25,28H2,1-3H3. The molecule has 0 aromatic heterocycles. The molecule has 1 heterocycles. The second-order valence-corrected chi connectivity index (χ2v) is 14.1. The molecule has 3 nitrogen and oxygen atoms in total. The Hall–Kier alpha value is -3.28. The Morgan fingerprint density at radius 2 is 1.47 bits per heavy atom. The maximum absolute atomic E-state index is 14.9. The van der Waals surface area contributed by atoms with Gasteiger partial charge in [-0.15, -0.1) is 0 Å². The van der Waals surface area contributed by atoms with Crippen LogP contribution in [0.25, 0.3) is 0 Å². The van der Waals surface area contributed by atoms with Crippen molar-refractivity contribution in [2.75, 3.05) is 17.8 Å². The lowest BCUT2D eigenvalue weighted by Crippen LogP contribution is -2.32. The molecule has 0 amide bonds. The maximum atomic E-state index is 14.9. The molecule has 0 saturated carbocycles. The number of benzene rings is 4. The van der Waals surface area contributed by atoms with E-state index in [4.69, 9.17) is 0 Å². The fourth-order valence-corrected chi connectivity index (χ4v) is 6.71. The lowest BCUT2D eigenvalue weighted by molar-refractivity contribution is 0.257. The smallest absolute Gasteiger partial charge is 0.150 e. The minimum atomic E-state index is -1.52. The molecule has 0 saturated heterocycles. The first-order valence-electron chi connectivity index (χ1n) is 15.7. The molecule has 4 aromatic carbocycles. The van der Waals surface area contributed by atoms with Crippen LogP contribution in [0.3, 0.4) is 0 Å². The van der Waals surface area contributed by atoms with Crippen molar-refractivity contribution in [2.24, 2.45) is 0 Å². The maximum Gasteiger partial charge on any atom is 0.150 e. The van der Waals surface area contributed by atoms with Gasteiger partial charge in [0.25, 0.3) is 0 Å². The zero-order chi connectivity index (χ0) is 30.2. The molecule has 226 valence electrons. The molecule has 5 heteroatoms.